The van der Waals surface area contributed by atoms with Gasteiger partial charge in [0, 0.05) is 0 Å². The molecule has 2 fully saturated rings. The van der Waals surface area contributed by atoms with Crippen molar-refractivity contribution < 1.29 is 68.8 Å². The molecular weight excluding hydrogens is 399 g/mol. The van der Waals surface area contributed by atoms with Crippen LogP contribution in [0.15, 0.2) is 0 Å². The van der Waals surface area contributed by atoms with Crippen molar-refractivity contribution in [3.63, 3.8) is 0 Å². The largest absolute Gasteiger partial charge is 0.469 e. The molecule has 2 aliphatic rings. The number of aliphatic hydroxyl groups excluding tert-OH is 7. The van der Waals surface area contributed by atoms with E-state index in [1.54, 1.807) is 0 Å². The van der Waals surface area contributed by atoms with E-state index in [1.165, 1.54) is 0 Å². The summed E-state index contributed by atoms with van der Waals surface area (Å²) in [6, 6.07) is 0. The van der Waals surface area contributed by atoms with E-state index >= 15 is 0 Å². The second-order valence-corrected chi connectivity index (χ2v) is 7.37. The number of hydrogen-bond donors (Lipinski definition) is 9. The van der Waals surface area contributed by atoms with E-state index in [0.29, 0.717) is 0 Å². The van der Waals surface area contributed by atoms with E-state index in [2.05, 4.69) is 4.52 Å². The normalized spacial score (nSPS) is 46.4. The molecule has 0 bridgehead atoms. The highest BCUT2D eigenvalue weighted by molar-refractivity contribution is 7.46. The van der Waals surface area contributed by atoms with Gasteiger partial charge in [-0.1, -0.05) is 0 Å². The molecule has 0 spiro atoms. The number of hydrogen-bond acceptors (Lipinski definition) is 12. The molecule has 160 valence electrons. The van der Waals surface area contributed by atoms with Crippen LogP contribution in [0.2, 0.25) is 0 Å². The molecule has 15 heteroatoms. The van der Waals surface area contributed by atoms with Crippen molar-refractivity contribution in [1.82, 2.24) is 0 Å². The van der Waals surface area contributed by atoms with Crippen molar-refractivity contribution in [3.05, 3.63) is 0 Å². The summed E-state index contributed by atoms with van der Waals surface area (Å²) >= 11 is 0. The Hall–Kier alpha value is -0.290. The molecule has 0 radical (unpaired) electrons. The van der Waals surface area contributed by atoms with Crippen molar-refractivity contribution in [2.75, 3.05) is 13.2 Å². The molecule has 0 aromatic carbocycles. The zero-order valence-electron chi connectivity index (χ0n) is 13.7. The summed E-state index contributed by atoms with van der Waals surface area (Å²) in [5.74, 6) is 0. The van der Waals surface area contributed by atoms with Gasteiger partial charge in [0.2, 0.25) is 0 Å². The summed E-state index contributed by atoms with van der Waals surface area (Å²) in [6.45, 7) is -1.61. The molecule has 2 heterocycles. The van der Waals surface area contributed by atoms with Gasteiger partial charge in [-0.15, -0.1) is 0 Å². The van der Waals surface area contributed by atoms with Gasteiger partial charge in [0.05, 0.1) is 13.2 Å². The zero-order chi connectivity index (χ0) is 20.5. The summed E-state index contributed by atoms with van der Waals surface area (Å²) in [5, 5.41) is 68.1. The maximum absolute atomic E-state index is 10.8. The molecule has 2 aliphatic heterocycles. The van der Waals surface area contributed by atoms with Gasteiger partial charge in [-0.3, -0.25) is 4.52 Å². The Morgan fingerprint density at radius 3 is 1.63 bits per heavy atom. The van der Waals surface area contributed by atoms with Crippen LogP contribution in [0.5, 0.6) is 0 Å². The highest BCUT2D eigenvalue weighted by Crippen LogP contribution is 2.37. The van der Waals surface area contributed by atoms with E-state index in [4.69, 9.17) is 29.1 Å². The predicted octanol–water partition coefficient (Wildman–Crippen LogP) is -5.28. The van der Waals surface area contributed by atoms with Gasteiger partial charge in [-0.2, -0.15) is 0 Å². The van der Waals surface area contributed by atoms with Crippen LogP contribution in [-0.4, -0.2) is 120 Å². The molecule has 0 unspecified atom stereocenters. The lowest BCUT2D eigenvalue weighted by Crippen LogP contribution is -2.63. The monoisotopic (exact) mass is 422 g/mol. The zero-order valence-corrected chi connectivity index (χ0v) is 14.6. The summed E-state index contributed by atoms with van der Waals surface area (Å²) in [4.78, 5) is 17.4. The van der Waals surface area contributed by atoms with Gasteiger partial charge in [0.25, 0.3) is 0 Å². The smallest absolute Gasteiger partial charge is 0.394 e. The number of ether oxygens (including phenoxy) is 3. The fourth-order valence-electron chi connectivity index (χ4n) is 2.65. The van der Waals surface area contributed by atoms with Gasteiger partial charge in [-0.05, 0) is 0 Å². The average molecular weight is 422 g/mol. The van der Waals surface area contributed by atoms with Crippen LogP contribution in [-0.2, 0) is 23.3 Å². The summed E-state index contributed by atoms with van der Waals surface area (Å²) < 4.78 is 30.3. The Morgan fingerprint density at radius 2 is 1.19 bits per heavy atom. The standard InChI is InChI=1S/C12H23O14P/c13-1-3-5(14)7(16)9(18)11(24-3)26-12-10(19)8(17)6(15)4(25-12)2-23-27(20,21)22/h3-19H,1-2H2,(H2,20,21,22)/t3-,4-,5-,6-,7+,8+,9-,10-,11+,12-/m1/s1. The average Bonchev–Trinajstić information content (AvgIpc) is 2.60. The molecule has 2 rings (SSSR count). The van der Waals surface area contributed by atoms with Crippen LogP contribution in [0, 0.1) is 0 Å². The third kappa shape index (κ3) is 5.41. The van der Waals surface area contributed by atoms with Crippen molar-refractivity contribution >= 4 is 7.82 Å². The lowest BCUT2D eigenvalue weighted by molar-refractivity contribution is -0.376. The van der Waals surface area contributed by atoms with Crippen LogP contribution < -0.4 is 0 Å². The first kappa shape index (κ1) is 23.0. The summed E-state index contributed by atoms with van der Waals surface area (Å²) in [7, 11) is -4.92. The van der Waals surface area contributed by atoms with E-state index in [9.17, 15) is 35.2 Å². The van der Waals surface area contributed by atoms with Crippen molar-refractivity contribution in [3.8, 4) is 0 Å². The lowest BCUT2D eigenvalue weighted by atomic mass is 9.98. The minimum atomic E-state index is -4.92. The number of rotatable bonds is 6. The molecule has 10 atom stereocenters. The number of phosphoric ester groups is 1. The molecule has 27 heavy (non-hydrogen) atoms. The third-order valence-electron chi connectivity index (χ3n) is 4.19. The number of aliphatic hydroxyl groups is 7. The van der Waals surface area contributed by atoms with Gasteiger partial charge in [-0.25, -0.2) is 4.57 Å². The highest BCUT2D eigenvalue weighted by Gasteiger charge is 2.49. The molecular formula is C12H23O14P. The first-order valence-electron chi connectivity index (χ1n) is 7.82. The Balaban J connectivity index is 2.08. The SMILES string of the molecule is O=P(O)(O)OC[C@H]1O[C@H](O[C@@H]2O[C@H](CO)[C@@H](O)[C@H](O)[C@H]2O)[C@H](O)[C@@H](O)[C@@H]1O. The van der Waals surface area contributed by atoms with Crippen molar-refractivity contribution in [2.45, 2.75) is 61.4 Å². The van der Waals surface area contributed by atoms with Crippen LogP contribution in [0.4, 0.5) is 0 Å². The third-order valence-corrected chi connectivity index (χ3v) is 4.68. The van der Waals surface area contributed by atoms with Crippen LogP contribution in [0.1, 0.15) is 0 Å². The van der Waals surface area contributed by atoms with Crippen LogP contribution in [0.25, 0.3) is 0 Å². The Labute approximate surface area is 152 Å². The van der Waals surface area contributed by atoms with Crippen LogP contribution in [0.3, 0.4) is 0 Å². The highest BCUT2D eigenvalue weighted by atomic mass is 31.2. The Kier molecular flexibility index (Phi) is 7.68. The second kappa shape index (κ2) is 9.02. The number of phosphoric acid groups is 1. The quantitative estimate of drug-likeness (QED) is 0.182. The summed E-state index contributed by atoms with van der Waals surface area (Å²) in [5.41, 5.74) is 0. The molecule has 0 aromatic heterocycles. The Bertz CT molecular complexity index is 526. The molecule has 0 amide bonds. The van der Waals surface area contributed by atoms with Crippen molar-refractivity contribution in [1.29, 1.82) is 0 Å². The fourth-order valence-corrected chi connectivity index (χ4v) is 2.99. The van der Waals surface area contributed by atoms with Gasteiger partial charge >= 0.3 is 7.82 Å². The van der Waals surface area contributed by atoms with Crippen molar-refractivity contribution in [2.24, 2.45) is 0 Å². The molecule has 0 aliphatic carbocycles. The van der Waals surface area contributed by atoms with Gasteiger partial charge in [0.15, 0.2) is 12.6 Å². The topological polar surface area (TPSA) is 236 Å². The maximum atomic E-state index is 10.8. The molecule has 14 nitrogen and oxygen atoms in total. The van der Waals surface area contributed by atoms with E-state index < -0.39 is 82.4 Å². The Morgan fingerprint density at radius 1 is 0.741 bits per heavy atom. The fraction of sp³-hybridized carbons (Fsp3) is 1.00. The minimum Gasteiger partial charge on any atom is -0.394 e. The summed E-state index contributed by atoms with van der Waals surface area (Å²) in [6.07, 6.45) is -17.1. The van der Waals surface area contributed by atoms with E-state index in [1.807, 2.05) is 0 Å². The van der Waals surface area contributed by atoms with E-state index in [0.717, 1.165) is 0 Å². The first-order valence-corrected chi connectivity index (χ1v) is 9.35. The maximum Gasteiger partial charge on any atom is 0.469 e. The molecule has 0 saturated carbocycles. The molecule has 2 saturated heterocycles. The van der Waals surface area contributed by atoms with Gasteiger partial charge in [0.1, 0.15) is 48.8 Å². The minimum absolute atomic E-state index is 0.737. The first-order chi connectivity index (χ1) is 12.5. The molecule has 9 N–H and O–H groups in total. The van der Waals surface area contributed by atoms with Gasteiger partial charge < -0.3 is 59.7 Å². The lowest BCUT2D eigenvalue weighted by Gasteiger charge is -2.44. The molecule has 0 aromatic rings. The van der Waals surface area contributed by atoms with E-state index in [-0.39, 0.29) is 0 Å². The predicted molar refractivity (Wildman–Crippen MR) is 79.5 cm³/mol. The van der Waals surface area contributed by atoms with Crippen LogP contribution >= 0.6 is 7.82 Å². The second-order valence-electron chi connectivity index (χ2n) is 6.13.